The SMILES string of the molecule is Cc1cccc(C2=C(C(=O)Nc3ccccc3)C=CC(N3CCC(F)(F)C(=CC(=O)N4CCN(C)CC4)c4ccccc43)C2=C=O)c1. The first-order valence-corrected chi connectivity index (χ1v) is 15.7. The van der Waals surface area contributed by atoms with E-state index < -0.39 is 30.2 Å². The van der Waals surface area contributed by atoms with Gasteiger partial charge in [-0.25, -0.2) is 13.6 Å². The van der Waals surface area contributed by atoms with E-state index in [-0.39, 0.29) is 28.8 Å². The molecular weight excluding hydrogens is 598 g/mol. The minimum atomic E-state index is -3.31. The molecule has 1 fully saturated rings. The van der Waals surface area contributed by atoms with Crippen LogP contribution in [0, 0.1) is 6.92 Å². The Hall–Kier alpha value is -5.11. The second-order valence-electron chi connectivity index (χ2n) is 12.1. The number of hydrogen-bond donors (Lipinski definition) is 1. The molecule has 1 aliphatic carbocycles. The zero-order valence-electron chi connectivity index (χ0n) is 26.4. The number of halogens is 2. The zero-order valence-corrected chi connectivity index (χ0v) is 26.4. The van der Waals surface area contributed by atoms with Crippen molar-refractivity contribution in [2.75, 3.05) is 50.0 Å². The Morgan fingerprint density at radius 1 is 0.936 bits per heavy atom. The quantitative estimate of drug-likeness (QED) is 0.285. The van der Waals surface area contributed by atoms with Gasteiger partial charge in [0.05, 0.1) is 11.6 Å². The molecule has 0 radical (unpaired) electrons. The summed E-state index contributed by atoms with van der Waals surface area (Å²) in [4.78, 5) is 45.4. The standard InChI is InChI=1S/C38H36F2N4O3/c1-26-9-8-10-27(23-26)36-30(37(47)41-28-11-4-3-5-12-28)15-16-34(31(36)25-45)44-18-17-38(39,40)32(29-13-6-7-14-33(29)44)24-35(46)43-21-19-42(2)20-22-43/h3-16,23-24,34H,17-22H2,1-2H3,(H,41,47). The topological polar surface area (TPSA) is 73.0 Å². The lowest BCUT2D eigenvalue weighted by Crippen LogP contribution is -2.46. The van der Waals surface area contributed by atoms with Crippen molar-refractivity contribution in [1.82, 2.24) is 9.80 Å². The summed E-state index contributed by atoms with van der Waals surface area (Å²) in [6, 6.07) is 22.4. The normalized spacial score (nSPS) is 20.5. The number of anilines is 2. The number of nitrogens with zero attached hydrogens (tertiary/aromatic N) is 3. The number of nitrogens with one attached hydrogen (secondary N) is 1. The van der Waals surface area contributed by atoms with E-state index in [1.165, 1.54) is 0 Å². The van der Waals surface area contributed by atoms with Crippen LogP contribution in [0.3, 0.4) is 0 Å². The van der Waals surface area contributed by atoms with Crippen LogP contribution < -0.4 is 10.2 Å². The van der Waals surface area contributed by atoms with Gasteiger partial charge >= 0.3 is 0 Å². The number of piperazine rings is 1. The van der Waals surface area contributed by atoms with Crippen molar-refractivity contribution in [3.8, 4) is 0 Å². The monoisotopic (exact) mass is 634 g/mol. The number of rotatable bonds is 5. The summed E-state index contributed by atoms with van der Waals surface area (Å²) in [6.07, 6.45) is 3.86. The zero-order chi connectivity index (χ0) is 33.1. The second-order valence-corrected chi connectivity index (χ2v) is 12.1. The Bertz CT molecular complexity index is 1830. The smallest absolute Gasteiger partial charge is 0.275 e. The summed E-state index contributed by atoms with van der Waals surface area (Å²) >= 11 is 0. The number of aryl methyl sites for hydroxylation is 1. The third kappa shape index (κ3) is 6.59. The Kier molecular flexibility index (Phi) is 9.03. The number of amides is 2. The summed E-state index contributed by atoms with van der Waals surface area (Å²) in [5.74, 6) is -2.07. The minimum Gasteiger partial charge on any atom is -0.359 e. The molecule has 1 saturated heterocycles. The number of carbonyl (C=O) groups is 2. The van der Waals surface area contributed by atoms with Crippen molar-refractivity contribution in [2.24, 2.45) is 0 Å². The molecule has 3 aliphatic rings. The van der Waals surface area contributed by atoms with Crippen LogP contribution in [0.2, 0.25) is 0 Å². The third-order valence-electron chi connectivity index (χ3n) is 8.96. The fourth-order valence-corrected chi connectivity index (χ4v) is 6.43. The van der Waals surface area contributed by atoms with E-state index in [0.717, 1.165) is 11.6 Å². The van der Waals surface area contributed by atoms with Gasteiger partial charge < -0.3 is 20.0 Å². The fourth-order valence-electron chi connectivity index (χ4n) is 6.43. The molecule has 1 N–H and O–H groups in total. The largest absolute Gasteiger partial charge is 0.359 e. The van der Waals surface area contributed by atoms with Gasteiger partial charge in [0, 0.05) is 78.9 Å². The highest BCUT2D eigenvalue weighted by atomic mass is 19.3. The van der Waals surface area contributed by atoms with E-state index in [2.05, 4.69) is 16.2 Å². The summed E-state index contributed by atoms with van der Waals surface area (Å²) in [6.45, 7) is 4.08. The van der Waals surface area contributed by atoms with Gasteiger partial charge in [-0.05, 0) is 37.7 Å². The molecule has 0 saturated carbocycles. The van der Waals surface area contributed by atoms with Gasteiger partial charge in [-0.2, -0.15) is 0 Å². The number of fused-ring (bicyclic) bond motifs is 1. The molecule has 240 valence electrons. The average Bonchev–Trinajstić information content (AvgIpc) is 3.18. The van der Waals surface area contributed by atoms with Gasteiger partial charge in [-0.3, -0.25) is 9.59 Å². The molecule has 3 aromatic carbocycles. The first kappa shape index (κ1) is 31.9. The van der Waals surface area contributed by atoms with Gasteiger partial charge in [-0.15, -0.1) is 0 Å². The van der Waals surface area contributed by atoms with Gasteiger partial charge in [-0.1, -0.05) is 78.4 Å². The molecule has 1 atom stereocenters. The molecule has 6 rings (SSSR count). The first-order chi connectivity index (χ1) is 22.7. The van der Waals surface area contributed by atoms with Crippen LogP contribution in [0.15, 0.2) is 108 Å². The highest BCUT2D eigenvalue weighted by Crippen LogP contribution is 2.46. The Morgan fingerprint density at radius 2 is 1.66 bits per heavy atom. The number of hydrogen-bond acceptors (Lipinski definition) is 5. The van der Waals surface area contributed by atoms with E-state index in [4.69, 9.17) is 0 Å². The molecule has 2 aliphatic heterocycles. The van der Waals surface area contributed by atoms with Crippen LogP contribution in [0.5, 0.6) is 0 Å². The molecule has 0 bridgehead atoms. The third-order valence-corrected chi connectivity index (χ3v) is 8.96. The van der Waals surface area contributed by atoms with E-state index in [1.807, 2.05) is 56.4 Å². The van der Waals surface area contributed by atoms with Crippen molar-refractivity contribution in [2.45, 2.75) is 25.3 Å². The van der Waals surface area contributed by atoms with Crippen molar-refractivity contribution in [3.05, 3.63) is 125 Å². The predicted octanol–water partition coefficient (Wildman–Crippen LogP) is 5.79. The van der Waals surface area contributed by atoms with Crippen LogP contribution >= 0.6 is 0 Å². The Balaban J connectivity index is 1.42. The summed E-state index contributed by atoms with van der Waals surface area (Å²) in [7, 11) is 1.96. The molecular formula is C38H36F2N4O3. The molecule has 1 unspecified atom stereocenters. The Morgan fingerprint density at radius 3 is 2.38 bits per heavy atom. The fraction of sp³-hybridized carbons (Fsp3) is 0.263. The molecule has 0 spiro atoms. The van der Waals surface area contributed by atoms with Crippen LogP contribution in [-0.2, 0) is 14.4 Å². The molecule has 7 nitrogen and oxygen atoms in total. The van der Waals surface area contributed by atoms with Crippen molar-refractivity contribution in [3.63, 3.8) is 0 Å². The van der Waals surface area contributed by atoms with E-state index in [9.17, 15) is 14.4 Å². The van der Waals surface area contributed by atoms with Gasteiger partial charge in [0.1, 0.15) is 5.94 Å². The summed E-state index contributed by atoms with van der Waals surface area (Å²) in [5.41, 5.74) is 3.32. The van der Waals surface area contributed by atoms with E-state index in [1.54, 1.807) is 58.4 Å². The van der Waals surface area contributed by atoms with E-state index in [0.29, 0.717) is 48.7 Å². The molecule has 47 heavy (non-hydrogen) atoms. The molecule has 2 amide bonds. The lowest BCUT2D eigenvalue weighted by atomic mass is 9.83. The lowest BCUT2D eigenvalue weighted by molar-refractivity contribution is -0.127. The highest BCUT2D eigenvalue weighted by Gasteiger charge is 2.43. The van der Waals surface area contributed by atoms with Crippen LogP contribution in [0.4, 0.5) is 20.2 Å². The summed E-state index contributed by atoms with van der Waals surface area (Å²) in [5, 5.41) is 2.90. The maximum atomic E-state index is 16.0. The van der Waals surface area contributed by atoms with Crippen LogP contribution in [0.25, 0.3) is 11.1 Å². The van der Waals surface area contributed by atoms with Crippen molar-refractivity contribution < 1.29 is 23.2 Å². The highest BCUT2D eigenvalue weighted by molar-refractivity contribution is 6.15. The number of para-hydroxylation sites is 2. The predicted molar refractivity (Wildman–Crippen MR) is 181 cm³/mol. The maximum absolute atomic E-state index is 16.0. The first-order valence-electron chi connectivity index (χ1n) is 15.7. The Labute approximate surface area is 273 Å². The molecule has 2 heterocycles. The van der Waals surface area contributed by atoms with Crippen molar-refractivity contribution in [1.29, 1.82) is 0 Å². The second kappa shape index (κ2) is 13.3. The minimum absolute atomic E-state index is 0.114. The lowest BCUT2D eigenvalue weighted by Gasteiger charge is -2.35. The van der Waals surface area contributed by atoms with Gasteiger partial charge in [0.2, 0.25) is 5.91 Å². The number of alkyl halides is 2. The number of allylic oxidation sites excluding steroid dienone is 1. The molecule has 0 aromatic heterocycles. The average molecular weight is 635 g/mol. The maximum Gasteiger partial charge on any atom is 0.275 e. The van der Waals surface area contributed by atoms with Crippen LogP contribution in [0.1, 0.15) is 23.1 Å². The number of likely N-dealkylation sites (N-methyl/N-ethyl adjacent to an activating group) is 1. The molecule has 3 aromatic rings. The summed E-state index contributed by atoms with van der Waals surface area (Å²) < 4.78 is 32.1. The van der Waals surface area contributed by atoms with Crippen molar-refractivity contribution >= 4 is 40.3 Å². The number of benzene rings is 3. The van der Waals surface area contributed by atoms with E-state index >= 15 is 8.78 Å². The molecule has 9 heteroatoms. The van der Waals surface area contributed by atoms with Gasteiger partial charge in [0.25, 0.3) is 11.8 Å². The number of carbonyl (C=O) groups excluding carboxylic acids is 3. The van der Waals surface area contributed by atoms with Gasteiger partial charge in [0.15, 0.2) is 0 Å². The van der Waals surface area contributed by atoms with Crippen LogP contribution in [-0.4, -0.2) is 79.3 Å².